The highest BCUT2D eigenvalue weighted by molar-refractivity contribution is 7.11. The van der Waals surface area contributed by atoms with Gasteiger partial charge in [-0.3, -0.25) is 4.98 Å². The summed E-state index contributed by atoms with van der Waals surface area (Å²) in [5.41, 5.74) is 1.37. The second-order valence-electron chi connectivity index (χ2n) is 2.53. The van der Waals surface area contributed by atoms with Crippen molar-refractivity contribution in [3.05, 3.63) is 46.7 Å². The molecule has 0 bridgehead atoms. The summed E-state index contributed by atoms with van der Waals surface area (Å²) in [4.78, 5) is 8.29. The predicted octanol–water partition coefficient (Wildman–Crippen LogP) is 1.25. The lowest BCUT2D eigenvalue weighted by atomic mass is 10.2. The van der Waals surface area contributed by atoms with Gasteiger partial charge in [0.15, 0.2) is 0 Å². The van der Waals surface area contributed by atoms with Gasteiger partial charge in [-0.15, -0.1) is 11.3 Å². The predicted molar refractivity (Wildman–Crippen MR) is 56.2 cm³/mol. The number of nitrogens with two attached hydrogens (primary N) is 1. The van der Waals surface area contributed by atoms with Crippen molar-refractivity contribution in [2.75, 3.05) is 0 Å². The maximum atomic E-state index is 5.31. The fourth-order valence-electron chi connectivity index (χ4n) is 1.07. The molecule has 4 nitrogen and oxygen atoms in total. The van der Waals surface area contributed by atoms with E-state index in [0.717, 1.165) is 10.7 Å². The van der Waals surface area contributed by atoms with E-state index in [1.807, 2.05) is 23.6 Å². The second kappa shape index (κ2) is 3.97. The third-order valence-corrected chi connectivity index (χ3v) is 2.45. The summed E-state index contributed by atoms with van der Waals surface area (Å²) in [6.07, 6.45) is 3.42. The number of aromatic nitrogens is 2. The van der Waals surface area contributed by atoms with Crippen molar-refractivity contribution < 1.29 is 0 Å². The Kier molecular flexibility index (Phi) is 2.51. The van der Waals surface area contributed by atoms with Crippen molar-refractivity contribution in [3.8, 4) is 0 Å². The van der Waals surface area contributed by atoms with Gasteiger partial charge >= 0.3 is 0 Å². The van der Waals surface area contributed by atoms with E-state index in [2.05, 4.69) is 15.1 Å². The average molecular weight is 204 g/mol. The lowest BCUT2D eigenvalue weighted by Gasteiger charge is -1.99. The standard InChI is InChI=1S/C9H8N4S/c10-13-8(9-12-5-6-14-9)7-3-1-2-4-11-7/h1-6H,10H2. The van der Waals surface area contributed by atoms with Crippen molar-refractivity contribution in [2.24, 2.45) is 10.9 Å². The van der Waals surface area contributed by atoms with Gasteiger partial charge in [0.1, 0.15) is 10.7 Å². The molecule has 0 saturated heterocycles. The zero-order valence-electron chi connectivity index (χ0n) is 7.29. The van der Waals surface area contributed by atoms with E-state index in [0.29, 0.717) is 5.71 Å². The summed E-state index contributed by atoms with van der Waals surface area (Å²) in [6, 6.07) is 5.59. The van der Waals surface area contributed by atoms with Crippen molar-refractivity contribution in [2.45, 2.75) is 0 Å². The SMILES string of the molecule is NN=C(c1ccccn1)c1nccs1. The first-order valence-corrected chi connectivity index (χ1v) is 4.89. The molecule has 0 unspecified atom stereocenters. The molecule has 2 heterocycles. The van der Waals surface area contributed by atoms with Gasteiger partial charge in [-0.1, -0.05) is 6.07 Å². The van der Waals surface area contributed by atoms with Gasteiger partial charge in [0, 0.05) is 17.8 Å². The minimum Gasteiger partial charge on any atom is -0.323 e. The highest BCUT2D eigenvalue weighted by atomic mass is 32.1. The van der Waals surface area contributed by atoms with Crippen molar-refractivity contribution in [1.82, 2.24) is 9.97 Å². The molecular weight excluding hydrogens is 196 g/mol. The monoisotopic (exact) mass is 204 g/mol. The molecule has 0 aliphatic heterocycles. The Balaban J connectivity index is 2.43. The maximum Gasteiger partial charge on any atom is 0.145 e. The Labute approximate surface area is 85.1 Å². The molecule has 5 heteroatoms. The average Bonchev–Trinajstić information content (AvgIpc) is 2.74. The topological polar surface area (TPSA) is 64.2 Å². The first-order valence-electron chi connectivity index (χ1n) is 4.01. The minimum atomic E-state index is 0.626. The van der Waals surface area contributed by atoms with E-state index in [1.54, 1.807) is 12.4 Å². The van der Waals surface area contributed by atoms with Crippen LogP contribution < -0.4 is 5.84 Å². The van der Waals surface area contributed by atoms with Crippen LogP contribution in [0.4, 0.5) is 0 Å². The smallest absolute Gasteiger partial charge is 0.145 e. The Morgan fingerprint density at radius 3 is 2.79 bits per heavy atom. The van der Waals surface area contributed by atoms with Gasteiger partial charge in [-0.2, -0.15) is 5.10 Å². The number of hydrazone groups is 1. The van der Waals surface area contributed by atoms with Crippen molar-refractivity contribution in [1.29, 1.82) is 0 Å². The molecule has 2 aromatic heterocycles. The number of nitrogens with zero attached hydrogens (tertiary/aromatic N) is 3. The van der Waals surface area contributed by atoms with E-state index in [4.69, 9.17) is 5.84 Å². The fourth-order valence-corrected chi connectivity index (χ4v) is 1.72. The normalized spacial score (nSPS) is 11.6. The lowest BCUT2D eigenvalue weighted by Crippen LogP contribution is -2.07. The second-order valence-corrected chi connectivity index (χ2v) is 3.42. The van der Waals surface area contributed by atoms with Gasteiger partial charge in [-0.05, 0) is 12.1 Å². The van der Waals surface area contributed by atoms with Crippen LogP contribution in [0.2, 0.25) is 0 Å². The van der Waals surface area contributed by atoms with Crippen LogP contribution in [-0.4, -0.2) is 15.7 Å². The molecule has 0 atom stereocenters. The van der Waals surface area contributed by atoms with Crippen LogP contribution in [0.1, 0.15) is 10.7 Å². The maximum absolute atomic E-state index is 5.31. The Bertz CT molecular complexity index is 421. The first-order chi connectivity index (χ1) is 6.92. The van der Waals surface area contributed by atoms with Crippen LogP contribution in [0.5, 0.6) is 0 Å². The van der Waals surface area contributed by atoms with Gasteiger partial charge in [-0.25, -0.2) is 4.98 Å². The zero-order chi connectivity index (χ0) is 9.80. The van der Waals surface area contributed by atoms with E-state index in [9.17, 15) is 0 Å². The summed E-state index contributed by atoms with van der Waals surface area (Å²) < 4.78 is 0. The van der Waals surface area contributed by atoms with Crippen LogP contribution >= 0.6 is 11.3 Å². The number of pyridine rings is 1. The van der Waals surface area contributed by atoms with Crippen LogP contribution in [0.15, 0.2) is 41.1 Å². The van der Waals surface area contributed by atoms with E-state index >= 15 is 0 Å². The molecule has 0 amide bonds. The molecule has 0 fully saturated rings. The van der Waals surface area contributed by atoms with E-state index < -0.39 is 0 Å². The molecular formula is C9H8N4S. The summed E-state index contributed by atoms with van der Waals surface area (Å²) in [6.45, 7) is 0. The van der Waals surface area contributed by atoms with Crippen molar-refractivity contribution in [3.63, 3.8) is 0 Å². The van der Waals surface area contributed by atoms with Gasteiger partial charge in [0.25, 0.3) is 0 Å². The summed E-state index contributed by atoms with van der Waals surface area (Å²) in [5.74, 6) is 5.31. The third-order valence-electron chi connectivity index (χ3n) is 1.67. The largest absolute Gasteiger partial charge is 0.323 e. The molecule has 14 heavy (non-hydrogen) atoms. The fraction of sp³-hybridized carbons (Fsp3) is 0. The molecule has 0 saturated carbocycles. The third kappa shape index (κ3) is 1.62. The van der Waals surface area contributed by atoms with E-state index in [1.165, 1.54) is 11.3 Å². The molecule has 2 N–H and O–H groups in total. The highest BCUT2D eigenvalue weighted by Crippen LogP contribution is 2.10. The Morgan fingerprint density at radius 2 is 2.21 bits per heavy atom. The van der Waals surface area contributed by atoms with Crippen LogP contribution in [0.3, 0.4) is 0 Å². The number of hydrogen-bond acceptors (Lipinski definition) is 5. The van der Waals surface area contributed by atoms with Crippen LogP contribution in [-0.2, 0) is 0 Å². The Morgan fingerprint density at radius 1 is 1.29 bits per heavy atom. The lowest BCUT2D eigenvalue weighted by molar-refractivity contribution is 1.20. The molecule has 0 spiro atoms. The summed E-state index contributed by atoms with van der Waals surface area (Å²) in [7, 11) is 0. The number of rotatable bonds is 2. The zero-order valence-corrected chi connectivity index (χ0v) is 8.11. The molecule has 0 aliphatic carbocycles. The van der Waals surface area contributed by atoms with Crippen LogP contribution in [0.25, 0.3) is 0 Å². The molecule has 0 radical (unpaired) electrons. The van der Waals surface area contributed by atoms with Crippen LogP contribution in [0, 0.1) is 0 Å². The quantitative estimate of drug-likeness (QED) is 0.455. The number of hydrogen-bond donors (Lipinski definition) is 1. The van der Waals surface area contributed by atoms with E-state index in [-0.39, 0.29) is 0 Å². The first kappa shape index (κ1) is 8.83. The minimum absolute atomic E-state index is 0.626. The van der Waals surface area contributed by atoms with Gasteiger partial charge in [0.2, 0.25) is 0 Å². The highest BCUT2D eigenvalue weighted by Gasteiger charge is 2.09. The molecule has 2 aromatic rings. The Hall–Kier alpha value is -1.75. The molecule has 0 aromatic carbocycles. The van der Waals surface area contributed by atoms with Crippen molar-refractivity contribution >= 4 is 17.0 Å². The number of thiazole rings is 1. The molecule has 2 rings (SSSR count). The summed E-state index contributed by atoms with van der Waals surface area (Å²) >= 11 is 1.49. The van der Waals surface area contributed by atoms with Gasteiger partial charge < -0.3 is 5.84 Å². The molecule has 0 aliphatic rings. The molecule has 70 valence electrons. The van der Waals surface area contributed by atoms with Gasteiger partial charge in [0.05, 0.1) is 5.69 Å². The summed E-state index contributed by atoms with van der Waals surface area (Å²) in [5, 5.41) is 6.36.